The van der Waals surface area contributed by atoms with Crippen LogP contribution in [0.15, 0.2) is 42.5 Å². The molecule has 0 aliphatic heterocycles. The van der Waals surface area contributed by atoms with E-state index in [1.54, 1.807) is 7.11 Å². The fraction of sp³-hybridized carbons (Fsp3) is 0.333. The summed E-state index contributed by atoms with van der Waals surface area (Å²) in [5, 5.41) is 3.48. The molecule has 2 rings (SSSR count). The highest BCUT2D eigenvalue weighted by molar-refractivity contribution is 5.52. The van der Waals surface area contributed by atoms with Crippen molar-refractivity contribution in [1.82, 2.24) is 0 Å². The third-order valence-corrected chi connectivity index (χ3v) is 3.36. The quantitative estimate of drug-likeness (QED) is 0.782. The molecule has 0 unspecified atom stereocenters. The van der Waals surface area contributed by atoms with Crippen molar-refractivity contribution in [2.75, 3.05) is 25.6 Å². The van der Waals surface area contributed by atoms with Crippen molar-refractivity contribution in [3.05, 3.63) is 59.2 Å². The number of rotatable bonds is 7. The molecule has 21 heavy (non-hydrogen) atoms. The van der Waals surface area contributed by atoms with Crippen molar-refractivity contribution in [2.24, 2.45) is 0 Å². The number of methoxy groups -OCH3 is 1. The SMILES string of the molecule is COCCOc1ccc(CNc2cc(C)ccc2C)cc1. The Kier molecular flexibility index (Phi) is 5.64. The molecule has 0 saturated heterocycles. The molecule has 0 heterocycles. The van der Waals surface area contributed by atoms with Gasteiger partial charge in [-0.15, -0.1) is 0 Å². The summed E-state index contributed by atoms with van der Waals surface area (Å²) in [6.45, 7) is 6.22. The van der Waals surface area contributed by atoms with E-state index in [-0.39, 0.29) is 0 Å². The van der Waals surface area contributed by atoms with Crippen LogP contribution in [0.5, 0.6) is 5.75 Å². The molecule has 0 saturated carbocycles. The predicted octanol–water partition coefficient (Wildman–Crippen LogP) is 3.94. The minimum Gasteiger partial charge on any atom is -0.491 e. The lowest BCUT2D eigenvalue weighted by atomic mass is 10.1. The summed E-state index contributed by atoms with van der Waals surface area (Å²) in [7, 11) is 1.67. The highest BCUT2D eigenvalue weighted by Gasteiger charge is 2.00. The van der Waals surface area contributed by atoms with Gasteiger partial charge in [0.2, 0.25) is 0 Å². The summed E-state index contributed by atoms with van der Waals surface area (Å²) in [4.78, 5) is 0. The number of aryl methyl sites for hydroxylation is 2. The van der Waals surface area contributed by atoms with Gasteiger partial charge in [0.25, 0.3) is 0 Å². The van der Waals surface area contributed by atoms with Gasteiger partial charge in [0.15, 0.2) is 0 Å². The lowest BCUT2D eigenvalue weighted by molar-refractivity contribution is 0.146. The van der Waals surface area contributed by atoms with Crippen LogP contribution < -0.4 is 10.1 Å². The van der Waals surface area contributed by atoms with Crippen molar-refractivity contribution in [3.8, 4) is 5.75 Å². The Labute approximate surface area is 126 Å². The molecule has 0 aliphatic rings. The zero-order chi connectivity index (χ0) is 15.1. The second-order valence-electron chi connectivity index (χ2n) is 5.16. The molecule has 2 aromatic carbocycles. The van der Waals surface area contributed by atoms with Gasteiger partial charge in [0.1, 0.15) is 12.4 Å². The summed E-state index contributed by atoms with van der Waals surface area (Å²) in [5.41, 5.74) is 4.95. The van der Waals surface area contributed by atoms with E-state index in [9.17, 15) is 0 Å². The van der Waals surface area contributed by atoms with Crippen molar-refractivity contribution in [2.45, 2.75) is 20.4 Å². The largest absolute Gasteiger partial charge is 0.491 e. The molecule has 0 bridgehead atoms. The molecule has 0 aliphatic carbocycles. The molecule has 0 fully saturated rings. The Balaban J connectivity index is 1.90. The average molecular weight is 285 g/mol. The van der Waals surface area contributed by atoms with Crippen LogP contribution in [-0.2, 0) is 11.3 Å². The first-order valence-electron chi connectivity index (χ1n) is 7.21. The van der Waals surface area contributed by atoms with Crippen LogP contribution in [0.25, 0.3) is 0 Å². The second kappa shape index (κ2) is 7.70. The van der Waals surface area contributed by atoms with Gasteiger partial charge in [-0.2, -0.15) is 0 Å². The number of hydrogen-bond donors (Lipinski definition) is 1. The summed E-state index contributed by atoms with van der Waals surface area (Å²) < 4.78 is 10.5. The lowest BCUT2D eigenvalue weighted by Crippen LogP contribution is -2.04. The molecular weight excluding hydrogens is 262 g/mol. The van der Waals surface area contributed by atoms with Crippen molar-refractivity contribution in [1.29, 1.82) is 0 Å². The van der Waals surface area contributed by atoms with Crippen LogP contribution in [0.1, 0.15) is 16.7 Å². The van der Waals surface area contributed by atoms with Crippen LogP contribution in [0.2, 0.25) is 0 Å². The molecule has 0 amide bonds. The second-order valence-corrected chi connectivity index (χ2v) is 5.16. The minimum absolute atomic E-state index is 0.580. The summed E-state index contributed by atoms with van der Waals surface area (Å²) in [6.07, 6.45) is 0. The molecule has 0 spiro atoms. The van der Waals surface area contributed by atoms with Crippen LogP contribution in [0.3, 0.4) is 0 Å². The Morgan fingerprint density at radius 3 is 2.43 bits per heavy atom. The maximum absolute atomic E-state index is 5.55. The lowest BCUT2D eigenvalue weighted by Gasteiger charge is -2.11. The predicted molar refractivity (Wildman–Crippen MR) is 87.1 cm³/mol. The van der Waals surface area contributed by atoms with Crippen LogP contribution in [0.4, 0.5) is 5.69 Å². The Morgan fingerprint density at radius 2 is 1.71 bits per heavy atom. The number of ether oxygens (including phenoxy) is 2. The summed E-state index contributed by atoms with van der Waals surface area (Å²) in [5.74, 6) is 0.877. The maximum atomic E-state index is 5.55. The molecule has 112 valence electrons. The third-order valence-electron chi connectivity index (χ3n) is 3.36. The Bertz CT molecular complexity index is 564. The minimum atomic E-state index is 0.580. The van der Waals surface area contributed by atoms with E-state index in [0.717, 1.165) is 12.3 Å². The fourth-order valence-electron chi connectivity index (χ4n) is 2.07. The molecule has 1 N–H and O–H groups in total. The van der Waals surface area contributed by atoms with Gasteiger partial charge in [-0.25, -0.2) is 0 Å². The normalized spacial score (nSPS) is 10.4. The van der Waals surface area contributed by atoms with E-state index in [2.05, 4.69) is 49.5 Å². The van der Waals surface area contributed by atoms with Gasteiger partial charge in [-0.3, -0.25) is 0 Å². The zero-order valence-corrected chi connectivity index (χ0v) is 13.0. The molecule has 2 aromatic rings. The van der Waals surface area contributed by atoms with Gasteiger partial charge < -0.3 is 14.8 Å². The third kappa shape index (κ3) is 4.80. The van der Waals surface area contributed by atoms with Gasteiger partial charge >= 0.3 is 0 Å². The summed E-state index contributed by atoms with van der Waals surface area (Å²) >= 11 is 0. The summed E-state index contributed by atoms with van der Waals surface area (Å²) in [6, 6.07) is 14.6. The molecule has 0 aromatic heterocycles. The van der Waals surface area contributed by atoms with Crippen molar-refractivity contribution in [3.63, 3.8) is 0 Å². The first-order valence-corrected chi connectivity index (χ1v) is 7.21. The molecule has 3 heteroatoms. The van der Waals surface area contributed by atoms with E-state index in [4.69, 9.17) is 9.47 Å². The van der Waals surface area contributed by atoms with Gasteiger partial charge in [0, 0.05) is 19.3 Å². The van der Waals surface area contributed by atoms with E-state index < -0.39 is 0 Å². The zero-order valence-electron chi connectivity index (χ0n) is 13.0. The van der Waals surface area contributed by atoms with E-state index in [1.165, 1.54) is 22.4 Å². The Morgan fingerprint density at radius 1 is 0.952 bits per heavy atom. The van der Waals surface area contributed by atoms with Crippen molar-refractivity contribution < 1.29 is 9.47 Å². The standard InChI is InChI=1S/C18H23NO2/c1-14-4-5-15(2)18(12-14)19-13-16-6-8-17(9-7-16)21-11-10-20-3/h4-9,12,19H,10-11,13H2,1-3H3. The van der Waals surface area contributed by atoms with E-state index in [0.29, 0.717) is 13.2 Å². The van der Waals surface area contributed by atoms with E-state index in [1.807, 2.05) is 12.1 Å². The maximum Gasteiger partial charge on any atom is 0.119 e. The first-order chi connectivity index (χ1) is 10.2. The topological polar surface area (TPSA) is 30.5 Å². The molecular formula is C18H23NO2. The average Bonchev–Trinajstić information content (AvgIpc) is 2.50. The smallest absolute Gasteiger partial charge is 0.119 e. The number of hydrogen-bond acceptors (Lipinski definition) is 3. The van der Waals surface area contributed by atoms with Crippen LogP contribution in [0, 0.1) is 13.8 Å². The highest BCUT2D eigenvalue weighted by atomic mass is 16.5. The number of anilines is 1. The van der Waals surface area contributed by atoms with E-state index >= 15 is 0 Å². The number of benzene rings is 2. The van der Waals surface area contributed by atoms with Crippen molar-refractivity contribution >= 4 is 5.69 Å². The Hall–Kier alpha value is -2.00. The van der Waals surface area contributed by atoms with Crippen LogP contribution >= 0.6 is 0 Å². The monoisotopic (exact) mass is 285 g/mol. The molecule has 3 nitrogen and oxygen atoms in total. The van der Waals surface area contributed by atoms with Crippen LogP contribution in [-0.4, -0.2) is 20.3 Å². The highest BCUT2D eigenvalue weighted by Crippen LogP contribution is 2.18. The van der Waals surface area contributed by atoms with Gasteiger partial charge in [-0.1, -0.05) is 24.3 Å². The van der Waals surface area contributed by atoms with Gasteiger partial charge in [0.05, 0.1) is 6.61 Å². The number of nitrogens with one attached hydrogen (secondary N) is 1. The molecule has 0 radical (unpaired) electrons. The van der Waals surface area contributed by atoms with Gasteiger partial charge in [-0.05, 0) is 48.7 Å². The molecule has 0 atom stereocenters. The first kappa shape index (κ1) is 15.4. The fourth-order valence-corrected chi connectivity index (χ4v) is 2.07.